The van der Waals surface area contributed by atoms with Gasteiger partial charge in [-0.15, -0.1) is 22.9 Å². The first-order chi connectivity index (χ1) is 9.74. The molecule has 0 bridgehead atoms. The molecule has 0 spiro atoms. The van der Waals surface area contributed by atoms with Crippen LogP contribution < -0.4 is 0 Å². The van der Waals surface area contributed by atoms with Crippen molar-refractivity contribution in [3.63, 3.8) is 0 Å². The van der Waals surface area contributed by atoms with Crippen LogP contribution in [0.25, 0.3) is 11.2 Å². The molecule has 106 valence electrons. The van der Waals surface area contributed by atoms with Gasteiger partial charge in [-0.2, -0.15) is 5.10 Å². The second-order valence-electron chi connectivity index (χ2n) is 4.71. The molecule has 0 aliphatic rings. The van der Waals surface area contributed by atoms with Crippen molar-refractivity contribution in [1.82, 2.24) is 19.3 Å². The smallest absolute Gasteiger partial charge is 0.159 e. The summed E-state index contributed by atoms with van der Waals surface area (Å²) in [5.41, 5.74) is 3.10. The van der Waals surface area contributed by atoms with E-state index in [1.165, 1.54) is 4.88 Å². The van der Waals surface area contributed by atoms with Crippen molar-refractivity contribution in [2.24, 2.45) is 0 Å². The van der Waals surface area contributed by atoms with Crippen LogP contribution in [0.1, 0.15) is 23.3 Å². The lowest BCUT2D eigenvalue weighted by Crippen LogP contribution is -2.09. The Morgan fingerprint density at radius 2 is 2.25 bits per heavy atom. The first-order valence-corrected chi connectivity index (χ1v) is 8.16. The summed E-state index contributed by atoms with van der Waals surface area (Å²) in [5, 5.41) is 6.67. The van der Waals surface area contributed by atoms with Crippen LogP contribution in [0.5, 0.6) is 0 Å². The second-order valence-corrected chi connectivity index (χ2v) is 6.12. The predicted molar refractivity (Wildman–Crippen MR) is 83.8 cm³/mol. The van der Waals surface area contributed by atoms with E-state index in [0.29, 0.717) is 5.88 Å². The van der Waals surface area contributed by atoms with Gasteiger partial charge in [-0.3, -0.25) is 0 Å². The summed E-state index contributed by atoms with van der Waals surface area (Å²) in [6.45, 7) is 5.81. The first kappa shape index (κ1) is 13.6. The van der Waals surface area contributed by atoms with Crippen LogP contribution in [0.2, 0.25) is 0 Å². The van der Waals surface area contributed by atoms with Gasteiger partial charge in [0.2, 0.25) is 0 Å². The molecule has 4 nitrogen and oxygen atoms in total. The Hall–Kier alpha value is -1.33. The predicted octanol–water partition coefficient (Wildman–Crippen LogP) is 3.45. The maximum atomic E-state index is 5.92. The van der Waals surface area contributed by atoms with Gasteiger partial charge in [0.1, 0.15) is 11.3 Å². The average molecular weight is 309 g/mol. The summed E-state index contributed by atoms with van der Waals surface area (Å²) in [6.07, 6.45) is 0.783. The number of hydrogen-bond acceptors (Lipinski definition) is 3. The molecule has 3 aromatic rings. The number of hydrogen-bond donors (Lipinski definition) is 0. The van der Waals surface area contributed by atoms with Gasteiger partial charge in [-0.05, 0) is 25.3 Å². The van der Waals surface area contributed by atoms with Gasteiger partial charge in [0.15, 0.2) is 5.65 Å². The maximum absolute atomic E-state index is 5.92. The Morgan fingerprint density at radius 1 is 1.40 bits per heavy atom. The molecular formula is C14H17ClN4S. The molecule has 0 unspecified atom stereocenters. The Morgan fingerprint density at radius 3 is 2.90 bits per heavy atom. The number of imidazole rings is 1. The maximum Gasteiger partial charge on any atom is 0.159 e. The molecule has 3 heterocycles. The van der Waals surface area contributed by atoms with Gasteiger partial charge in [0, 0.05) is 23.7 Å². The first-order valence-electron chi connectivity index (χ1n) is 6.75. The molecule has 0 radical (unpaired) electrons. The molecule has 0 amide bonds. The molecule has 20 heavy (non-hydrogen) atoms. The van der Waals surface area contributed by atoms with Crippen molar-refractivity contribution >= 4 is 34.1 Å². The fourth-order valence-electron chi connectivity index (χ4n) is 2.49. The molecule has 0 aromatic carbocycles. The summed E-state index contributed by atoms with van der Waals surface area (Å²) < 4.78 is 4.29. The zero-order chi connectivity index (χ0) is 14.1. The summed E-state index contributed by atoms with van der Waals surface area (Å²) in [5.74, 6) is 1.63. The summed E-state index contributed by atoms with van der Waals surface area (Å²) in [7, 11) is 0. The second kappa shape index (κ2) is 5.58. The lowest BCUT2D eigenvalue weighted by atomic mass is 10.4. The third-order valence-corrected chi connectivity index (χ3v) is 4.44. The van der Waals surface area contributed by atoms with Gasteiger partial charge in [-0.1, -0.05) is 6.07 Å². The Kier molecular flexibility index (Phi) is 3.81. The molecule has 0 aliphatic carbocycles. The van der Waals surface area contributed by atoms with Gasteiger partial charge >= 0.3 is 0 Å². The van der Waals surface area contributed by atoms with E-state index in [4.69, 9.17) is 16.6 Å². The van der Waals surface area contributed by atoms with Gasteiger partial charge in [0.05, 0.1) is 12.2 Å². The molecule has 3 rings (SSSR count). The molecule has 6 heteroatoms. The fraction of sp³-hybridized carbons (Fsp3) is 0.429. The van der Waals surface area contributed by atoms with Gasteiger partial charge in [-0.25, -0.2) is 9.67 Å². The molecule has 0 aliphatic heterocycles. The van der Waals surface area contributed by atoms with E-state index in [1.54, 1.807) is 11.3 Å². The quantitative estimate of drug-likeness (QED) is 0.677. The average Bonchev–Trinajstić information content (AvgIpc) is 3.12. The number of rotatable bonds is 5. The minimum Gasteiger partial charge on any atom is -0.308 e. The van der Waals surface area contributed by atoms with E-state index in [9.17, 15) is 0 Å². The summed E-state index contributed by atoms with van der Waals surface area (Å²) in [6, 6.07) is 4.23. The minimum atomic E-state index is 0.586. The number of thiophene rings is 1. The van der Waals surface area contributed by atoms with Crippen molar-refractivity contribution < 1.29 is 0 Å². The number of halogens is 1. The van der Waals surface area contributed by atoms with E-state index in [2.05, 4.69) is 34.1 Å². The van der Waals surface area contributed by atoms with Crippen LogP contribution >= 0.6 is 22.9 Å². The van der Waals surface area contributed by atoms with Gasteiger partial charge < -0.3 is 4.57 Å². The van der Waals surface area contributed by atoms with Crippen LogP contribution in [-0.2, 0) is 19.5 Å². The highest BCUT2D eigenvalue weighted by atomic mass is 35.5. The molecule has 0 saturated carbocycles. The third kappa shape index (κ3) is 2.25. The largest absolute Gasteiger partial charge is 0.308 e. The van der Waals surface area contributed by atoms with Crippen LogP contribution in [-0.4, -0.2) is 25.2 Å². The standard InChI is InChI=1S/C14H17ClN4S/c1-3-19-14-13(10(2)17-19)16-12(6-7-15)18(14)9-11-5-4-8-20-11/h4-5,8H,3,6-7,9H2,1-2H3. The SMILES string of the molecule is CCn1nc(C)c2nc(CCCl)n(Cc3cccs3)c21. The number of aryl methyl sites for hydroxylation is 3. The molecule has 0 saturated heterocycles. The highest BCUT2D eigenvalue weighted by Gasteiger charge is 2.18. The van der Waals surface area contributed by atoms with Crippen molar-refractivity contribution in [1.29, 1.82) is 0 Å². The minimum absolute atomic E-state index is 0.586. The number of nitrogens with zero attached hydrogens (tertiary/aromatic N) is 4. The van der Waals surface area contributed by atoms with E-state index in [0.717, 1.165) is 42.2 Å². The van der Waals surface area contributed by atoms with Crippen molar-refractivity contribution in [3.05, 3.63) is 33.9 Å². The Balaban J connectivity index is 2.16. The molecule has 3 aromatic heterocycles. The third-order valence-electron chi connectivity index (χ3n) is 3.39. The van der Waals surface area contributed by atoms with Crippen LogP contribution in [0, 0.1) is 6.92 Å². The van der Waals surface area contributed by atoms with Crippen molar-refractivity contribution in [2.45, 2.75) is 33.4 Å². The Labute approximate surface area is 127 Å². The van der Waals surface area contributed by atoms with E-state index < -0.39 is 0 Å². The normalized spacial score (nSPS) is 11.6. The number of aromatic nitrogens is 4. The lowest BCUT2D eigenvalue weighted by molar-refractivity contribution is 0.637. The topological polar surface area (TPSA) is 35.6 Å². The number of fused-ring (bicyclic) bond motifs is 1. The van der Waals surface area contributed by atoms with E-state index in [-0.39, 0.29) is 0 Å². The van der Waals surface area contributed by atoms with Crippen LogP contribution in [0.15, 0.2) is 17.5 Å². The monoisotopic (exact) mass is 308 g/mol. The molecule has 0 fully saturated rings. The molecule has 0 N–H and O–H groups in total. The van der Waals surface area contributed by atoms with Crippen LogP contribution in [0.4, 0.5) is 0 Å². The zero-order valence-corrected chi connectivity index (χ0v) is 13.2. The van der Waals surface area contributed by atoms with Crippen LogP contribution in [0.3, 0.4) is 0 Å². The lowest BCUT2D eigenvalue weighted by Gasteiger charge is -2.08. The highest BCUT2D eigenvalue weighted by molar-refractivity contribution is 7.09. The van der Waals surface area contributed by atoms with Crippen molar-refractivity contribution in [2.75, 3.05) is 5.88 Å². The van der Waals surface area contributed by atoms with Gasteiger partial charge in [0.25, 0.3) is 0 Å². The highest BCUT2D eigenvalue weighted by Crippen LogP contribution is 2.23. The van der Waals surface area contributed by atoms with E-state index >= 15 is 0 Å². The fourth-order valence-corrected chi connectivity index (χ4v) is 3.35. The van der Waals surface area contributed by atoms with Crippen molar-refractivity contribution in [3.8, 4) is 0 Å². The zero-order valence-electron chi connectivity index (χ0n) is 11.6. The van der Waals surface area contributed by atoms with E-state index in [1.807, 2.05) is 11.6 Å². The molecular weight excluding hydrogens is 292 g/mol. The number of alkyl halides is 1. The summed E-state index contributed by atoms with van der Waals surface area (Å²) >= 11 is 7.69. The summed E-state index contributed by atoms with van der Waals surface area (Å²) in [4.78, 5) is 6.07. The molecule has 0 atom stereocenters. The Bertz CT molecular complexity index is 711.